The van der Waals surface area contributed by atoms with Crippen molar-refractivity contribution in [2.45, 2.75) is 13.0 Å². The first-order valence-corrected chi connectivity index (χ1v) is 7.21. The van der Waals surface area contributed by atoms with Gasteiger partial charge in [-0.2, -0.15) is 0 Å². The Kier molecular flexibility index (Phi) is 4.33. The van der Waals surface area contributed by atoms with Crippen LogP contribution in [0.25, 0.3) is 11.5 Å². The van der Waals surface area contributed by atoms with Gasteiger partial charge in [-0.15, -0.1) is 10.2 Å². The zero-order chi connectivity index (χ0) is 16.1. The van der Waals surface area contributed by atoms with E-state index in [1.165, 1.54) is 6.39 Å². The van der Waals surface area contributed by atoms with Crippen LogP contribution < -0.4 is 10.6 Å². The highest BCUT2D eigenvalue weighted by molar-refractivity contribution is 5.90. The monoisotopic (exact) mass is 308 g/mol. The summed E-state index contributed by atoms with van der Waals surface area (Å²) in [5, 5.41) is 13.2. The molecule has 0 radical (unpaired) electrons. The molecule has 23 heavy (non-hydrogen) atoms. The number of hydrogen-bond acceptors (Lipinski definition) is 4. The molecule has 3 rings (SSSR count). The van der Waals surface area contributed by atoms with Gasteiger partial charge in [0.15, 0.2) is 0 Å². The van der Waals surface area contributed by atoms with E-state index in [0.29, 0.717) is 11.6 Å². The van der Waals surface area contributed by atoms with Crippen molar-refractivity contribution >= 4 is 11.7 Å². The lowest BCUT2D eigenvalue weighted by molar-refractivity contribution is 0.249. The Bertz CT molecular complexity index is 772. The smallest absolute Gasteiger partial charge is 0.319 e. The van der Waals surface area contributed by atoms with Gasteiger partial charge in [0.05, 0.1) is 6.04 Å². The van der Waals surface area contributed by atoms with Gasteiger partial charge < -0.3 is 15.1 Å². The van der Waals surface area contributed by atoms with Gasteiger partial charge in [0.2, 0.25) is 12.3 Å². The summed E-state index contributed by atoms with van der Waals surface area (Å²) < 4.78 is 5.15. The fourth-order valence-electron chi connectivity index (χ4n) is 2.22. The summed E-state index contributed by atoms with van der Waals surface area (Å²) in [6.45, 7) is 1.93. The first-order valence-electron chi connectivity index (χ1n) is 7.21. The molecule has 1 heterocycles. The average molecular weight is 308 g/mol. The Morgan fingerprint density at radius 3 is 2.70 bits per heavy atom. The molecular weight excluding hydrogens is 292 g/mol. The van der Waals surface area contributed by atoms with Crippen molar-refractivity contribution in [1.29, 1.82) is 0 Å². The second-order valence-electron chi connectivity index (χ2n) is 5.06. The molecule has 0 aliphatic heterocycles. The van der Waals surface area contributed by atoms with Gasteiger partial charge in [-0.3, -0.25) is 0 Å². The van der Waals surface area contributed by atoms with E-state index in [-0.39, 0.29) is 12.1 Å². The molecule has 1 unspecified atom stereocenters. The molecule has 0 bridgehead atoms. The Morgan fingerprint density at radius 2 is 1.96 bits per heavy atom. The molecule has 2 aromatic carbocycles. The average Bonchev–Trinajstić information content (AvgIpc) is 3.10. The quantitative estimate of drug-likeness (QED) is 0.771. The van der Waals surface area contributed by atoms with Crippen LogP contribution in [-0.4, -0.2) is 16.2 Å². The van der Waals surface area contributed by atoms with Gasteiger partial charge in [0.1, 0.15) is 0 Å². The molecule has 0 saturated carbocycles. The van der Waals surface area contributed by atoms with Crippen LogP contribution in [0.1, 0.15) is 18.5 Å². The number of carbonyl (C=O) groups is 1. The normalized spacial score (nSPS) is 11.7. The summed E-state index contributed by atoms with van der Waals surface area (Å²) >= 11 is 0. The summed E-state index contributed by atoms with van der Waals surface area (Å²) in [4.78, 5) is 12.1. The molecule has 0 spiro atoms. The maximum atomic E-state index is 12.1. The van der Waals surface area contributed by atoms with Gasteiger partial charge in [-0.25, -0.2) is 4.79 Å². The summed E-state index contributed by atoms with van der Waals surface area (Å²) in [5.74, 6) is 0.409. The van der Waals surface area contributed by atoms with Gasteiger partial charge in [-0.1, -0.05) is 36.4 Å². The topological polar surface area (TPSA) is 80.0 Å². The molecular formula is C17H16N4O2. The van der Waals surface area contributed by atoms with E-state index in [1.807, 2.05) is 49.4 Å². The van der Waals surface area contributed by atoms with Crippen LogP contribution in [0.2, 0.25) is 0 Å². The third kappa shape index (κ3) is 3.74. The third-order valence-electron chi connectivity index (χ3n) is 3.37. The van der Waals surface area contributed by atoms with E-state index in [1.54, 1.807) is 12.1 Å². The summed E-state index contributed by atoms with van der Waals surface area (Å²) in [5.41, 5.74) is 2.44. The van der Waals surface area contributed by atoms with Gasteiger partial charge in [0.25, 0.3) is 0 Å². The van der Waals surface area contributed by atoms with E-state index in [4.69, 9.17) is 4.42 Å². The van der Waals surface area contributed by atoms with Crippen molar-refractivity contribution in [2.75, 3.05) is 5.32 Å². The molecule has 0 fully saturated rings. The molecule has 6 heteroatoms. The zero-order valence-electron chi connectivity index (χ0n) is 12.6. The Labute approximate surface area is 133 Å². The molecule has 3 aromatic rings. The standard InChI is InChI=1S/C17H16N4O2/c1-12(13-6-3-2-4-7-13)19-17(22)20-15-9-5-8-14(10-15)16-21-18-11-23-16/h2-12H,1H3,(H2,19,20,22). The number of anilines is 1. The number of nitrogens with one attached hydrogen (secondary N) is 2. The second kappa shape index (κ2) is 6.74. The lowest BCUT2D eigenvalue weighted by Gasteiger charge is -2.15. The number of aromatic nitrogens is 2. The van der Waals surface area contributed by atoms with Crippen molar-refractivity contribution < 1.29 is 9.21 Å². The van der Waals surface area contributed by atoms with Crippen LogP contribution in [0.3, 0.4) is 0 Å². The molecule has 6 nitrogen and oxygen atoms in total. The number of hydrogen-bond donors (Lipinski definition) is 2. The number of benzene rings is 2. The predicted molar refractivity (Wildman–Crippen MR) is 86.7 cm³/mol. The number of carbonyl (C=O) groups excluding carboxylic acids is 1. The second-order valence-corrected chi connectivity index (χ2v) is 5.06. The van der Waals surface area contributed by atoms with Crippen molar-refractivity contribution in [3.63, 3.8) is 0 Å². The van der Waals surface area contributed by atoms with Crippen LogP contribution in [0.5, 0.6) is 0 Å². The number of amides is 2. The first-order chi connectivity index (χ1) is 11.2. The van der Waals surface area contributed by atoms with Crippen LogP contribution in [0.4, 0.5) is 10.5 Å². The molecule has 2 amide bonds. The molecule has 2 N–H and O–H groups in total. The minimum Gasteiger partial charge on any atom is -0.423 e. The molecule has 0 aliphatic rings. The Balaban J connectivity index is 1.65. The summed E-state index contributed by atoms with van der Waals surface area (Å²) in [6, 6.07) is 16.6. The van der Waals surface area contributed by atoms with E-state index in [2.05, 4.69) is 20.8 Å². The van der Waals surface area contributed by atoms with E-state index >= 15 is 0 Å². The predicted octanol–water partition coefficient (Wildman–Crippen LogP) is 3.62. The minimum atomic E-state index is -0.274. The highest BCUT2D eigenvalue weighted by Crippen LogP contribution is 2.20. The third-order valence-corrected chi connectivity index (χ3v) is 3.37. The van der Waals surface area contributed by atoms with Crippen molar-refractivity contribution in [3.05, 3.63) is 66.6 Å². The molecule has 1 aromatic heterocycles. The molecule has 0 aliphatic carbocycles. The first kappa shape index (κ1) is 14.8. The lowest BCUT2D eigenvalue weighted by atomic mass is 10.1. The van der Waals surface area contributed by atoms with Crippen LogP contribution in [0.15, 0.2) is 65.4 Å². The van der Waals surface area contributed by atoms with Gasteiger partial charge in [-0.05, 0) is 30.7 Å². The van der Waals surface area contributed by atoms with E-state index in [0.717, 1.165) is 11.1 Å². The molecule has 1 atom stereocenters. The van der Waals surface area contributed by atoms with Crippen LogP contribution in [-0.2, 0) is 0 Å². The van der Waals surface area contributed by atoms with Crippen LogP contribution >= 0.6 is 0 Å². The highest BCUT2D eigenvalue weighted by Gasteiger charge is 2.10. The van der Waals surface area contributed by atoms with Gasteiger partial charge in [0, 0.05) is 11.3 Å². The fourth-order valence-corrected chi connectivity index (χ4v) is 2.22. The minimum absolute atomic E-state index is 0.0877. The van der Waals surface area contributed by atoms with Crippen LogP contribution in [0, 0.1) is 0 Å². The molecule has 0 saturated heterocycles. The largest absolute Gasteiger partial charge is 0.423 e. The SMILES string of the molecule is CC(NC(=O)Nc1cccc(-c2nnco2)c1)c1ccccc1. The number of urea groups is 1. The maximum absolute atomic E-state index is 12.1. The number of rotatable bonds is 4. The lowest BCUT2D eigenvalue weighted by Crippen LogP contribution is -2.31. The zero-order valence-corrected chi connectivity index (χ0v) is 12.6. The highest BCUT2D eigenvalue weighted by atomic mass is 16.4. The van der Waals surface area contributed by atoms with E-state index in [9.17, 15) is 4.79 Å². The van der Waals surface area contributed by atoms with Gasteiger partial charge >= 0.3 is 6.03 Å². The van der Waals surface area contributed by atoms with Crippen molar-refractivity contribution in [3.8, 4) is 11.5 Å². The summed E-state index contributed by atoms with van der Waals surface area (Å²) in [6.07, 6.45) is 1.27. The summed E-state index contributed by atoms with van der Waals surface area (Å²) in [7, 11) is 0. The Morgan fingerprint density at radius 1 is 1.13 bits per heavy atom. The number of nitrogens with zero attached hydrogens (tertiary/aromatic N) is 2. The fraction of sp³-hybridized carbons (Fsp3) is 0.118. The van der Waals surface area contributed by atoms with E-state index < -0.39 is 0 Å². The maximum Gasteiger partial charge on any atom is 0.319 e. The van der Waals surface area contributed by atoms with Crippen molar-refractivity contribution in [2.24, 2.45) is 0 Å². The Hall–Kier alpha value is -3.15. The molecule has 116 valence electrons. The van der Waals surface area contributed by atoms with Crippen molar-refractivity contribution in [1.82, 2.24) is 15.5 Å².